The molecule has 164 valence electrons. The second kappa shape index (κ2) is 10.3. The van der Waals surface area contributed by atoms with Crippen LogP contribution in [-0.4, -0.2) is 47.2 Å². The van der Waals surface area contributed by atoms with Gasteiger partial charge in [-0.2, -0.15) is 0 Å². The van der Waals surface area contributed by atoms with Crippen LogP contribution in [0.2, 0.25) is 0 Å². The maximum absolute atomic E-state index is 13.4. The molecule has 1 amide bonds. The third kappa shape index (κ3) is 5.22. The van der Waals surface area contributed by atoms with Gasteiger partial charge in [-0.05, 0) is 59.8 Å². The minimum atomic E-state index is -1.20. The van der Waals surface area contributed by atoms with Crippen molar-refractivity contribution in [3.8, 4) is 12.3 Å². The molecule has 29 heavy (non-hydrogen) atoms. The van der Waals surface area contributed by atoms with Crippen molar-refractivity contribution >= 4 is 11.9 Å². The molecule has 0 N–H and O–H groups in total. The topological polar surface area (TPSA) is 55.8 Å². The van der Waals surface area contributed by atoms with Gasteiger partial charge in [-0.1, -0.05) is 25.5 Å². The monoisotopic (exact) mass is 405 g/mol. The van der Waals surface area contributed by atoms with Crippen molar-refractivity contribution in [2.45, 2.75) is 96.8 Å². The molecule has 0 saturated carbocycles. The molecule has 0 spiro atoms. The zero-order chi connectivity index (χ0) is 22.3. The average molecular weight is 406 g/mol. The zero-order valence-electron chi connectivity index (χ0n) is 19.3. The van der Waals surface area contributed by atoms with Crippen LogP contribution in [0.25, 0.3) is 0 Å². The number of carbonyl (C=O) groups excluding carboxylic acids is 2. The highest BCUT2D eigenvalue weighted by atomic mass is 16.6. The van der Waals surface area contributed by atoms with E-state index in [0.717, 1.165) is 25.7 Å². The van der Waals surface area contributed by atoms with Crippen molar-refractivity contribution in [1.29, 1.82) is 0 Å². The van der Waals surface area contributed by atoms with Crippen LogP contribution in [0.15, 0.2) is 12.2 Å². The number of nitrogens with zero attached hydrogens (tertiary/aromatic N) is 1. The van der Waals surface area contributed by atoms with Crippen LogP contribution >= 0.6 is 0 Å². The Morgan fingerprint density at radius 1 is 1.34 bits per heavy atom. The number of Topliss-reactive ketones (excluding diaryl/α,β-unsaturated/α-hetero) is 1. The summed E-state index contributed by atoms with van der Waals surface area (Å²) < 4.78 is 11.8. The lowest BCUT2D eigenvalue weighted by molar-refractivity contribution is -0.153. The van der Waals surface area contributed by atoms with E-state index in [9.17, 15) is 9.59 Å². The molecular weight excluding hydrogens is 366 g/mol. The first kappa shape index (κ1) is 25.2. The second-order valence-electron chi connectivity index (χ2n) is 8.96. The second-order valence-corrected chi connectivity index (χ2v) is 8.96. The van der Waals surface area contributed by atoms with E-state index in [2.05, 4.69) is 12.8 Å². The number of amides is 1. The van der Waals surface area contributed by atoms with Gasteiger partial charge in [-0.25, -0.2) is 4.79 Å². The van der Waals surface area contributed by atoms with E-state index in [1.807, 2.05) is 46.8 Å². The molecule has 1 rings (SSSR count). The van der Waals surface area contributed by atoms with E-state index in [-0.39, 0.29) is 18.1 Å². The molecule has 5 heteroatoms. The van der Waals surface area contributed by atoms with E-state index >= 15 is 0 Å². The minimum absolute atomic E-state index is 0.0103. The predicted octanol–water partition coefficient (Wildman–Crippen LogP) is 5.14. The Morgan fingerprint density at radius 2 is 2.00 bits per heavy atom. The molecule has 0 unspecified atom stereocenters. The summed E-state index contributed by atoms with van der Waals surface area (Å²) in [5.74, 6) is 2.75. The maximum Gasteiger partial charge on any atom is 0.411 e. The molecule has 0 bridgehead atoms. The molecule has 0 aromatic rings. The predicted molar refractivity (Wildman–Crippen MR) is 117 cm³/mol. The van der Waals surface area contributed by atoms with Crippen LogP contribution in [0, 0.1) is 18.3 Å². The van der Waals surface area contributed by atoms with Gasteiger partial charge in [0.15, 0.2) is 11.3 Å². The molecule has 0 radical (unpaired) electrons. The van der Waals surface area contributed by atoms with E-state index in [1.165, 1.54) is 0 Å². The number of methoxy groups -OCH3 is 1. The summed E-state index contributed by atoms with van der Waals surface area (Å²) in [6, 6.07) is 0. The highest BCUT2D eigenvalue weighted by Crippen LogP contribution is 2.47. The molecular formula is C24H39NO4. The lowest BCUT2D eigenvalue weighted by atomic mass is 9.67. The van der Waals surface area contributed by atoms with Crippen LogP contribution in [-0.2, 0) is 14.3 Å². The number of allylic oxidation sites excluding steroid dienone is 1. The van der Waals surface area contributed by atoms with Gasteiger partial charge in [-0.15, -0.1) is 12.3 Å². The third-order valence-electron chi connectivity index (χ3n) is 5.91. The minimum Gasteiger partial charge on any atom is -0.444 e. The zero-order valence-corrected chi connectivity index (χ0v) is 19.3. The summed E-state index contributed by atoms with van der Waals surface area (Å²) in [6.45, 7) is 11.8. The number of ketones is 1. The van der Waals surface area contributed by atoms with Crippen LogP contribution in [0.1, 0.15) is 80.1 Å². The van der Waals surface area contributed by atoms with Gasteiger partial charge in [0.2, 0.25) is 0 Å². The lowest BCUT2D eigenvalue weighted by Crippen LogP contribution is -2.67. The number of carbonyl (C=O) groups is 2. The fourth-order valence-electron chi connectivity index (χ4n) is 4.55. The molecule has 1 aliphatic rings. The van der Waals surface area contributed by atoms with Crippen LogP contribution in [0.3, 0.4) is 0 Å². The van der Waals surface area contributed by atoms with Crippen LogP contribution in [0.4, 0.5) is 4.79 Å². The van der Waals surface area contributed by atoms with Gasteiger partial charge in [0.05, 0.1) is 0 Å². The van der Waals surface area contributed by atoms with E-state index in [0.29, 0.717) is 13.0 Å². The molecule has 0 aromatic carbocycles. The number of likely N-dealkylation sites (tertiary alicyclic amines) is 1. The van der Waals surface area contributed by atoms with Gasteiger partial charge in [-0.3, -0.25) is 9.69 Å². The van der Waals surface area contributed by atoms with E-state index < -0.39 is 22.8 Å². The van der Waals surface area contributed by atoms with Crippen molar-refractivity contribution in [3.05, 3.63) is 12.2 Å². The quantitative estimate of drug-likeness (QED) is 0.303. The molecule has 5 nitrogen and oxygen atoms in total. The molecule has 1 fully saturated rings. The van der Waals surface area contributed by atoms with Crippen LogP contribution < -0.4 is 0 Å². The van der Waals surface area contributed by atoms with Gasteiger partial charge in [0.1, 0.15) is 11.2 Å². The Bertz CT molecular complexity index is 642. The number of hydrogen-bond donors (Lipinski definition) is 0. The summed E-state index contributed by atoms with van der Waals surface area (Å²) >= 11 is 0. The van der Waals surface area contributed by atoms with E-state index in [4.69, 9.17) is 15.9 Å². The molecule has 0 aromatic heterocycles. The van der Waals surface area contributed by atoms with Crippen LogP contribution in [0.5, 0.6) is 0 Å². The first-order chi connectivity index (χ1) is 13.5. The number of terminal acetylenes is 1. The standard InChI is InChI=1S/C24H39NO4/c1-9-12-13-15-19(14-10-2)23(7,28-8)24(17-11-3)20(26)16-18-25(24)21(27)29-22(4,5)6/h1,11,17,19H,10,12-16,18H2,2-8H3/b17-11-/t19-,23+,24-/m0/s1. The fraction of sp³-hybridized carbons (Fsp3) is 0.750. The van der Waals surface area contributed by atoms with Crippen molar-refractivity contribution in [1.82, 2.24) is 4.90 Å². The first-order valence-electron chi connectivity index (χ1n) is 10.7. The Hall–Kier alpha value is -1.80. The fourth-order valence-corrected chi connectivity index (χ4v) is 4.55. The Labute approximate surface area is 177 Å². The smallest absolute Gasteiger partial charge is 0.411 e. The molecule has 1 heterocycles. The summed E-state index contributed by atoms with van der Waals surface area (Å²) in [5.41, 5.74) is -2.74. The van der Waals surface area contributed by atoms with Crippen molar-refractivity contribution in [2.24, 2.45) is 5.92 Å². The molecule has 0 aliphatic carbocycles. The third-order valence-corrected chi connectivity index (χ3v) is 5.91. The maximum atomic E-state index is 13.4. The largest absolute Gasteiger partial charge is 0.444 e. The SMILES string of the molecule is C#CCCC[C@H](CCC)[C@@](C)(OC)[C@]1(/C=C\C)C(=O)CCN1C(=O)OC(C)(C)C. The normalized spacial score (nSPS) is 23.1. The molecule has 1 aliphatic heterocycles. The number of unbranched alkanes of at least 4 members (excludes halogenated alkanes) is 1. The van der Waals surface area contributed by atoms with Gasteiger partial charge in [0, 0.05) is 26.5 Å². The highest BCUT2D eigenvalue weighted by molar-refractivity contribution is 5.98. The average Bonchev–Trinajstić information content (AvgIpc) is 2.97. The Balaban J connectivity index is 3.52. The Kier molecular flexibility index (Phi) is 8.96. The number of ether oxygens (including phenoxy) is 2. The lowest BCUT2D eigenvalue weighted by Gasteiger charge is -2.51. The molecule has 1 saturated heterocycles. The van der Waals surface area contributed by atoms with Gasteiger partial charge >= 0.3 is 6.09 Å². The Morgan fingerprint density at radius 3 is 2.48 bits per heavy atom. The first-order valence-corrected chi connectivity index (χ1v) is 10.7. The summed E-state index contributed by atoms with van der Waals surface area (Å²) in [6.07, 6.45) is 13.1. The highest BCUT2D eigenvalue weighted by Gasteiger charge is 2.63. The van der Waals surface area contributed by atoms with Gasteiger partial charge in [0.25, 0.3) is 0 Å². The molecule has 3 atom stereocenters. The number of hydrogen-bond acceptors (Lipinski definition) is 4. The van der Waals surface area contributed by atoms with Crippen molar-refractivity contribution in [2.75, 3.05) is 13.7 Å². The summed E-state index contributed by atoms with van der Waals surface area (Å²) in [5, 5.41) is 0. The van der Waals surface area contributed by atoms with Crippen molar-refractivity contribution < 1.29 is 19.1 Å². The summed E-state index contributed by atoms with van der Waals surface area (Å²) in [4.78, 5) is 28.1. The van der Waals surface area contributed by atoms with E-state index in [1.54, 1.807) is 12.0 Å². The van der Waals surface area contributed by atoms with Crippen molar-refractivity contribution in [3.63, 3.8) is 0 Å². The number of rotatable bonds is 9. The summed E-state index contributed by atoms with van der Waals surface area (Å²) in [7, 11) is 1.63. The van der Waals surface area contributed by atoms with Gasteiger partial charge < -0.3 is 9.47 Å².